The summed E-state index contributed by atoms with van der Waals surface area (Å²) in [5, 5.41) is 2.38. The van der Waals surface area contributed by atoms with Gasteiger partial charge in [0.05, 0.1) is 24.8 Å². The average molecular weight is 492 g/mol. The average Bonchev–Trinajstić information content (AvgIpc) is 3.51. The number of fused-ring (bicyclic) bond motifs is 2. The third-order valence-electron chi connectivity index (χ3n) is 7.05. The highest BCUT2D eigenvalue weighted by molar-refractivity contribution is 5.96. The monoisotopic (exact) mass is 491 g/mol. The van der Waals surface area contributed by atoms with Crippen LogP contribution in [0.4, 0.5) is 5.69 Å². The summed E-state index contributed by atoms with van der Waals surface area (Å²) >= 11 is 0. The van der Waals surface area contributed by atoms with E-state index in [9.17, 15) is 4.79 Å². The molecule has 1 saturated heterocycles. The first-order chi connectivity index (χ1) is 18.2. The molecule has 0 bridgehead atoms. The zero-order valence-electron chi connectivity index (χ0n) is 20.8. The summed E-state index contributed by atoms with van der Waals surface area (Å²) in [6.07, 6.45) is 1.27. The van der Waals surface area contributed by atoms with Crippen LogP contribution in [0.2, 0.25) is 0 Å². The van der Waals surface area contributed by atoms with Gasteiger partial charge in [0.15, 0.2) is 0 Å². The molecule has 1 atom stereocenters. The standard InChI is InChI=1S/C31H29N3O3/c1-36-26-11-6-10-25(20-26)34-21-24(19-30(34)35)31-32-28-12-4-5-13-29(28)33(31)16-7-17-37-27-15-14-22-8-2-3-9-23(22)18-27/h2-6,8-15,18,20,24H,7,16-17,19,21H2,1H3. The number of carbonyl (C=O) groups excluding carboxylic acids is 1. The lowest BCUT2D eigenvalue weighted by atomic mass is 10.1. The molecule has 1 fully saturated rings. The molecule has 6 rings (SSSR count). The number of amides is 1. The summed E-state index contributed by atoms with van der Waals surface area (Å²) in [7, 11) is 1.64. The lowest BCUT2D eigenvalue weighted by molar-refractivity contribution is -0.117. The maximum Gasteiger partial charge on any atom is 0.227 e. The lowest BCUT2D eigenvalue weighted by Crippen LogP contribution is -2.24. The highest BCUT2D eigenvalue weighted by Gasteiger charge is 2.35. The summed E-state index contributed by atoms with van der Waals surface area (Å²) in [4.78, 5) is 19.9. The number of benzene rings is 4. The normalized spacial score (nSPS) is 15.5. The minimum absolute atomic E-state index is 0.0208. The number of aromatic nitrogens is 2. The van der Waals surface area contributed by atoms with E-state index in [-0.39, 0.29) is 11.8 Å². The van der Waals surface area contributed by atoms with Crippen LogP contribution < -0.4 is 14.4 Å². The van der Waals surface area contributed by atoms with Crippen molar-refractivity contribution in [1.29, 1.82) is 0 Å². The number of anilines is 1. The van der Waals surface area contributed by atoms with Gasteiger partial charge in [0.2, 0.25) is 5.91 Å². The van der Waals surface area contributed by atoms with Gasteiger partial charge < -0.3 is 18.9 Å². The number of aryl methyl sites for hydroxylation is 1. The summed E-state index contributed by atoms with van der Waals surface area (Å²) in [5.74, 6) is 2.71. The molecular formula is C31H29N3O3. The number of nitrogens with zero attached hydrogens (tertiary/aromatic N) is 3. The van der Waals surface area contributed by atoms with E-state index in [0.717, 1.165) is 47.0 Å². The second-order valence-corrected chi connectivity index (χ2v) is 9.43. The van der Waals surface area contributed by atoms with Gasteiger partial charge in [-0.2, -0.15) is 0 Å². The molecule has 0 saturated carbocycles. The molecule has 5 aromatic rings. The molecule has 1 aliphatic heterocycles. The number of imidazole rings is 1. The number of para-hydroxylation sites is 2. The molecule has 6 heteroatoms. The van der Waals surface area contributed by atoms with Crippen molar-refractivity contribution < 1.29 is 14.3 Å². The second kappa shape index (κ2) is 9.97. The summed E-state index contributed by atoms with van der Waals surface area (Å²) in [6, 6.07) is 30.4. The minimum atomic E-state index is 0.0208. The van der Waals surface area contributed by atoms with Gasteiger partial charge in [-0.15, -0.1) is 0 Å². The number of hydrogen-bond acceptors (Lipinski definition) is 4. The molecule has 1 amide bonds. The SMILES string of the molecule is COc1cccc(N2CC(c3nc4ccccc4n3CCCOc3ccc4ccccc4c3)CC2=O)c1. The number of carbonyl (C=O) groups is 1. The number of hydrogen-bond donors (Lipinski definition) is 0. The van der Waals surface area contributed by atoms with Gasteiger partial charge in [-0.05, 0) is 53.6 Å². The van der Waals surface area contributed by atoms with E-state index in [1.165, 1.54) is 10.8 Å². The van der Waals surface area contributed by atoms with Crippen molar-refractivity contribution in [2.75, 3.05) is 25.2 Å². The molecule has 1 aliphatic rings. The van der Waals surface area contributed by atoms with Crippen LogP contribution in [0.3, 0.4) is 0 Å². The van der Waals surface area contributed by atoms with Crippen molar-refractivity contribution in [3.8, 4) is 11.5 Å². The van der Waals surface area contributed by atoms with Crippen molar-refractivity contribution in [1.82, 2.24) is 9.55 Å². The van der Waals surface area contributed by atoms with Crippen LogP contribution in [0.15, 0.2) is 91.0 Å². The third kappa shape index (κ3) is 4.62. The Morgan fingerprint density at radius 3 is 2.62 bits per heavy atom. The predicted molar refractivity (Wildman–Crippen MR) is 146 cm³/mol. The Balaban J connectivity index is 1.19. The molecule has 4 aromatic carbocycles. The van der Waals surface area contributed by atoms with Crippen LogP contribution in [-0.2, 0) is 11.3 Å². The first-order valence-corrected chi connectivity index (χ1v) is 12.7. The van der Waals surface area contributed by atoms with Crippen molar-refractivity contribution in [2.45, 2.75) is 25.3 Å². The highest BCUT2D eigenvalue weighted by Crippen LogP contribution is 2.34. The van der Waals surface area contributed by atoms with E-state index in [1.54, 1.807) is 7.11 Å². The van der Waals surface area contributed by atoms with Crippen LogP contribution in [-0.4, -0.2) is 35.7 Å². The molecular weight excluding hydrogens is 462 g/mol. The Labute approximate surface area is 216 Å². The zero-order chi connectivity index (χ0) is 25.2. The Morgan fingerprint density at radius 2 is 1.73 bits per heavy atom. The molecule has 0 aliphatic carbocycles. The van der Waals surface area contributed by atoms with Crippen LogP contribution in [0.25, 0.3) is 21.8 Å². The first-order valence-electron chi connectivity index (χ1n) is 12.7. The van der Waals surface area contributed by atoms with Gasteiger partial charge in [-0.1, -0.05) is 48.5 Å². The fourth-order valence-corrected chi connectivity index (χ4v) is 5.22. The fourth-order valence-electron chi connectivity index (χ4n) is 5.22. The molecule has 0 spiro atoms. The van der Waals surface area contributed by atoms with Gasteiger partial charge in [-0.3, -0.25) is 4.79 Å². The summed E-state index contributed by atoms with van der Waals surface area (Å²) in [6.45, 7) is 1.97. The lowest BCUT2D eigenvalue weighted by Gasteiger charge is -2.18. The molecule has 186 valence electrons. The van der Waals surface area contributed by atoms with Crippen LogP contribution in [0.5, 0.6) is 11.5 Å². The van der Waals surface area contributed by atoms with Gasteiger partial charge >= 0.3 is 0 Å². The van der Waals surface area contributed by atoms with Crippen LogP contribution in [0.1, 0.15) is 24.6 Å². The van der Waals surface area contributed by atoms with E-state index in [4.69, 9.17) is 14.5 Å². The number of rotatable bonds is 8. The molecule has 2 heterocycles. The van der Waals surface area contributed by atoms with Gasteiger partial charge in [0, 0.05) is 37.2 Å². The molecule has 1 unspecified atom stereocenters. The van der Waals surface area contributed by atoms with Crippen molar-refractivity contribution >= 4 is 33.4 Å². The molecule has 0 N–H and O–H groups in total. The summed E-state index contributed by atoms with van der Waals surface area (Å²) < 4.78 is 13.7. The quantitative estimate of drug-likeness (QED) is 0.243. The van der Waals surface area contributed by atoms with Crippen LogP contribution >= 0.6 is 0 Å². The smallest absolute Gasteiger partial charge is 0.227 e. The van der Waals surface area contributed by atoms with E-state index in [2.05, 4.69) is 34.9 Å². The topological polar surface area (TPSA) is 56.6 Å². The molecule has 0 radical (unpaired) electrons. The van der Waals surface area contributed by atoms with E-state index < -0.39 is 0 Å². The van der Waals surface area contributed by atoms with Crippen molar-refractivity contribution in [3.05, 3.63) is 96.8 Å². The van der Waals surface area contributed by atoms with Crippen LogP contribution in [0, 0.1) is 0 Å². The Hall–Kier alpha value is -4.32. The second-order valence-electron chi connectivity index (χ2n) is 9.43. The fraction of sp³-hybridized carbons (Fsp3) is 0.226. The van der Waals surface area contributed by atoms with Crippen molar-refractivity contribution in [3.63, 3.8) is 0 Å². The molecule has 6 nitrogen and oxygen atoms in total. The summed E-state index contributed by atoms with van der Waals surface area (Å²) in [5.41, 5.74) is 2.91. The van der Waals surface area contributed by atoms with E-state index in [0.29, 0.717) is 19.6 Å². The van der Waals surface area contributed by atoms with Gasteiger partial charge in [-0.25, -0.2) is 4.98 Å². The van der Waals surface area contributed by atoms with Crippen molar-refractivity contribution in [2.24, 2.45) is 0 Å². The minimum Gasteiger partial charge on any atom is -0.497 e. The third-order valence-corrected chi connectivity index (χ3v) is 7.05. The number of ether oxygens (including phenoxy) is 2. The van der Waals surface area contributed by atoms with E-state index >= 15 is 0 Å². The molecule has 1 aromatic heterocycles. The predicted octanol–water partition coefficient (Wildman–Crippen LogP) is 6.19. The maximum atomic E-state index is 13.0. The first kappa shape index (κ1) is 23.1. The zero-order valence-corrected chi connectivity index (χ0v) is 20.8. The number of methoxy groups -OCH3 is 1. The molecule has 37 heavy (non-hydrogen) atoms. The van der Waals surface area contributed by atoms with Gasteiger partial charge in [0.1, 0.15) is 17.3 Å². The maximum absolute atomic E-state index is 13.0. The van der Waals surface area contributed by atoms with Gasteiger partial charge in [0.25, 0.3) is 0 Å². The Morgan fingerprint density at radius 1 is 0.892 bits per heavy atom. The van der Waals surface area contributed by atoms with E-state index in [1.807, 2.05) is 65.6 Å². The Kier molecular flexibility index (Phi) is 6.23. The Bertz CT molecular complexity index is 1570. The highest BCUT2D eigenvalue weighted by atomic mass is 16.5. The largest absolute Gasteiger partial charge is 0.497 e.